The van der Waals surface area contributed by atoms with Crippen LogP contribution in [0.1, 0.15) is 31.7 Å². The third kappa shape index (κ3) is 5.09. The van der Waals surface area contributed by atoms with Gasteiger partial charge in [0.15, 0.2) is 0 Å². The van der Waals surface area contributed by atoms with Gasteiger partial charge >= 0.3 is 0 Å². The molecule has 0 unspecified atom stereocenters. The molecule has 0 fully saturated rings. The summed E-state index contributed by atoms with van der Waals surface area (Å²) in [6, 6.07) is 5.51. The van der Waals surface area contributed by atoms with Gasteiger partial charge in [-0.15, -0.1) is 0 Å². The first-order chi connectivity index (χ1) is 9.06. The fraction of sp³-hybridized carbons (Fsp3) is 0.429. The zero-order valence-corrected chi connectivity index (χ0v) is 11.5. The van der Waals surface area contributed by atoms with Gasteiger partial charge in [-0.05, 0) is 31.0 Å². The van der Waals surface area contributed by atoms with Gasteiger partial charge in [-0.1, -0.05) is 13.0 Å². The molecule has 1 aromatic carbocycles. The molecule has 0 aliphatic heterocycles. The van der Waals surface area contributed by atoms with Crippen LogP contribution >= 0.6 is 0 Å². The maximum absolute atomic E-state index is 11.6. The van der Waals surface area contributed by atoms with Crippen molar-refractivity contribution in [3.63, 3.8) is 0 Å². The molecule has 1 rings (SSSR count). The molecule has 0 bridgehead atoms. The second kappa shape index (κ2) is 7.53. The second-order valence-corrected chi connectivity index (χ2v) is 4.43. The fourth-order valence-electron chi connectivity index (χ4n) is 1.65. The van der Waals surface area contributed by atoms with Gasteiger partial charge < -0.3 is 16.4 Å². The van der Waals surface area contributed by atoms with E-state index in [9.17, 15) is 9.59 Å². The minimum Gasteiger partial charge on any atom is -0.330 e. The van der Waals surface area contributed by atoms with Gasteiger partial charge in [-0.25, -0.2) is 0 Å². The van der Waals surface area contributed by atoms with Crippen LogP contribution in [-0.4, -0.2) is 18.4 Å². The predicted molar refractivity (Wildman–Crippen MR) is 77.0 cm³/mol. The number of carbonyl (C=O) groups is 2. The maximum Gasteiger partial charge on any atom is 0.225 e. The number of anilines is 2. The van der Waals surface area contributed by atoms with E-state index >= 15 is 0 Å². The van der Waals surface area contributed by atoms with Crippen LogP contribution in [0.4, 0.5) is 11.4 Å². The number of rotatable bonds is 6. The van der Waals surface area contributed by atoms with E-state index in [0.29, 0.717) is 24.3 Å². The Hall–Kier alpha value is -1.88. The smallest absolute Gasteiger partial charge is 0.225 e. The van der Waals surface area contributed by atoms with Crippen LogP contribution in [-0.2, 0) is 9.59 Å². The Labute approximate surface area is 113 Å². The summed E-state index contributed by atoms with van der Waals surface area (Å²) in [5.74, 6) is -0.209. The van der Waals surface area contributed by atoms with Crippen molar-refractivity contribution in [1.82, 2.24) is 0 Å². The first-order valence-corrected chi connectivity index (χ1v) is 6.47. The molecule has 1 aromatic rings. The molecule has 0 heterocycles. The number of nitrogens with one attached hydrogen (secondary N) is 2. The van der Waals surface area contributed by atoms with Gasteiger partial charge in [0.2, 0.25) is 11.8 Å². The van der Waals surface area contributed by atoms with E-state index in [2.05, 4.69) is 10.6 Å². The summed E-state index contributed by atoms with van der Waals surface area (Å²) >= 11 is 0. The molecule has 0 saturated heterocycles. The highest BCUT2D eigenvalue weighted by atomic mass is 16.2. The van der Waals surface area contributed by atoms with Gasteiger partial charge in [-0.3, -0.25) is 9.59 Å². The van der Waals surface area contributed by atoms with Gasteiger partial charge in [0, 0.05) is 19.4 Å². The average Bonchev–Trinajstić information content (AvgIpc) is 2.33. The zero-order chi connectivity index (χ0) is 14.3. The highest BCUT2D eigenvalue weighted by Crippen LogP contribution is 2.23. The van der Waals surface area contributed by atoms with Gasteiger partial charge in [0.1, 0.15) is 0 Å². The molecule has 0 radical (unpaired) electrons. The van der Waals surface area contributed by atoms with Crippen molar-refractivity contribution in [2.75, 3.05) is 17.2 Å². The van der Waals surface area contributed by atoms with E-state index in [0.717, 1.165) is 12.0 Å². The molecule has 5 heteroatoms. The summed E-state index contributed by atoms with van der Waals surface area (Å²) < 4.78 is 0. The van der Waals surface area contributed by atoms with Crippen molar-refractivity contribution >= 4 is 23.2 Å². The first-order valence-electron chi connectivity index (χ1n) is 6.47. The van der Waals surface area contributed by atoms with Crippen molar-refractivity contribution < 1.29 is 9.59 Å². The molecule has 2 amide bonds. The summed E-state index contributed by atoms with van der Waals surface area (Å²) in [6.07, 6.45) is 1.51. The SMILES string of the molecule is CCCC(=O)Nc1ccc(C)cc1NC(=O)CCN. The molecule has 0 saturated carbocycles. The molecular weight excluding hydrogens is 242 g/mol. The third-order valence-corrected chi connectivity index (χ3v) is 2.57. The highest BCUT2D eigenvalue weighted by Gasteiger charge is 2.09. The molecule has 5 nitrogen and oxygen atoms in total. The monoisotopic (exact) mass is 263 g/mol. The highest BCUT2D eigenvalue weighted by molar-refractivity contribution is 5.99. The Balaban J connectivity index is 2.85. The summed E-state index contributed by atoms with van der Waals surface area (Å²) in [7, 11) is 0. The van der Waals surface area contributed by atoms with Crippen LogP contribution in [0.25, 0.3) is 0 Å². The zero-order valence-electron chi connectivity index (χ0n) is 11.5. The van der Waals surface area contributed by atoms with E-state index in [1.165, 1.54) is 0 Å². The molecule has 0 aromatic heterocycles. The normalized spacial score (nSPS) is 10.1. The lowest BCUT2D eigenvalue weighted by molar-refractivity contribution is -0.117. The Morgan fingerprint density at radius 3 is 2.37 bits per heavy atom. The molecule has 19 heavy (non-hydrogen) atoms. The Morgan fingerprint density at radius 2 is 1.74 bits per heavy atom. The predicted octanol–water partition coefficient (Wildman–Crippen LogP) is 2.02. The van der Waals surface area contributed by atoms with Gasteiger partial charge in [0.25, 0.3) is 0 Å². The average molecular weight is 263 g/mol. The van der Waals surface area contributed by atoms with Crippen LogP contribution in [0.5, 0.6) is 0 Å². The van der Waals surface area contributed by atoms with Gasteiger partial charge in [0.05, 0.1) is 11.4 Å². The minimum absolute atomic E-state index is 0.0549. The summed E-state index contributed by atoms with van der Waals surface area (Å²) in [5, 5.41) is 5.57. The minimum atomic E-state index is -0.154. The lowest BCUT2D eigenvalue weighted by atomic mass is 10.1. The van der Waals surface area contributed by atoms with Crippen LogP contribution in [0.15, 0.2) is 18.2 Å². The van der Waals surface area contributed by atoms with Crippen LogP contribution in [0.3, 0.4) is 0 Å². The summed E-state index contributed by atoms with van der Waals surface area (Å²) in [6.45, 7) is 4.17. The lowest BCUT2D eigenvalue weighted by Gasteiger charge is -2.13. The number of amides is 2. The molecular formula is C14H21N3O2. The maximum atomic E-state index is 11.6. The van der Waals surface area contributed by atoms with E-state index in [-0.39, 0.29) is 18.2 Å². The third-order valence-electron chi connectivity index (χ3n) is 2.57. The van der Waals surface area contributed by atoms with Crippen molar-refractivity contribution in [2.24, 2.45) is 5.73 Å². The van der Waals surface area contributed by atoms with Crippen molar-refractivity contribution in [2.45, 2.75) is 33.1 Å². The Kier molecular flexibility index (Phi) is 6.02. The van der Waals surface area contributed by atoms with Crippen LogP contribution in [0.2, 0.25) is 0 Å². The number of carbonyl (C=O) groups excluding carboxylic acids is 2. The lowest BCUT2D eigenvalue weighted by Crippen LogP contribution is -2.18. The molecule has 0 spiro atoms. The standard InChI is InChI=1S/C14H21N3O2/c1-3-4-13(18)16-11-6-5-10(2)9-12(11)17-14(19)7-8-15/h5-6,9H,3-4,7-8,15H2,1-2H3,(H,16,18)(H,17,19). The van der Waals surface area contributed by atoms with Crippen LogP contribution in [0, 0.1) is 6.92 Å². The molecule has 0 aliphatic rings. The molecule has 104 valence electrons. The van der Waals surface area contributed by atoms with E-state index in [1.807, 2.05) is 26.0 Å². The number of hydrogen-bond donors (Lipinski definition) is 3. The second-order valence-electron chi connectivity index (χ2n) is 4.43. The number of aryl methyl sites for hydroxylation is 1. The molecule has 0 aliphatic carbocycles. The number of benzene rings is 1. The fourth-order valence-corrected chi connectivity index (χ4v) is 1.65. The van der Waals surface area contributed by atoms with Crippen molar-refractivity contribution in [1.29, 1.82) is 0 Å². The van der Waals surface area contributed by atoms with Crippen molar-refractivity contribution in [3.8, 4) is 0 Å². The van der Waals surface area contributed by atoms with E-state index in [1.54, 1.807) is 6.07 Å². The quantitative estimate of drug-likeness (QED) is 0.734. The van der Waals surface area contributed by atoms with E-state index in [4.69, 9.17) is 5.73 Å². The summed E-state index contributed by atoms with van der Waals surface area (Å²) in [4.78, 5) is 23.2. The number of hydrogen-bond acceptors (Lipinski definition) is 3. The van der Waals surface area contributed by atoms with Crippen LogP contribution < -0.4 is 16.4 Å². The number of nitrogens with two attached hydrogens (primary N) is 1. The largest absolute Gasteiger partial charge is 0.330 e. The van der Waals surface area contributed by atoms with Crippen molar-refractivity contribution in [3.05, 3.63) is 23.8 Å². The Morgan fingerprint density at radius 1 is 1.11 bits per heavy atom. The molecule has 4 N–H and O–H groups in total. The van der Waals surface area contributed by atoms with Gasteiger partial charge in [-0.2, -0.15) is 0 Å². The molecule has 0 atom stereocenters. The van der Waals surface area contributed by atoms with E-state index < -0.39 is 0 Å². The first kappa shape index (κ1) is 15.2. The summed E-state index contributed by atoms with van der Waals surface area (Å²) in [5.41, 5.74) is 7.59. The topological polar surface area (TPSA) is 84.2 Å². The Bertz CT molecular complexity index is 458.